The molecule has 0 N–H and O–H groups in total. The highest BCUT2D eigenvalue weighted by Crippen LogP contribution is 2.19. The summed E-state index contributed by atoms with van der Waals surface area (Å²) in [6.45, 7) is 15.2. The molecule has 2 heterocycles. The first-order chi connectivity index (χ1) is 28.4. The second-order valence-electron chi connectivity index (χ2n) is 13.9. The lowest BCUT2D eigenvalue weighted by Crippen LogP contribution is -1.89. The van der Waals surface area contributed by atoms with Gasteiger partial charge >= 0.3 is 0 Å². The number of aryl methyl sites for hydroxylation is 8. The summed E-state index contributed by atoms with van der Waals surface area (Å²) in [5.41, 5.74) is 8.09. The lowest BCUT2D eigenvalue weighted by molar-refractivity contribution is -0.384. The maximum Gasteiger partial charge on any atom is 0.269 e. The fraction of sp³-hybridized carbons (Fsp3) is 0.160. The van der Waals surface area contributed by atoms with E-state index in [0.717, 1.165) is 61.8 Å². The molecule has 0 aliphatic carbocycles. The van der Waals surface area contributed by atoms with Gasteiger partial charge < -0.3 is 0 Å². The fourth-order valence-electron chi connectivity index (χ4n) is 5.24. The monoisotopic (exact) mass is 849 g/mol. The van der Waals surface area contributed by atoms with Crippen LogP contribution in [0.5, 0.6) is 0 Å². The van der Waals surface area contributed by atoms with Crippen molar-refractivity contribution < 1.29 is 18.1 Å². The van der Waals surface area contributed by atoms with Crippen molar-refractivity contribution >= 4 is 50.4 Å². The molecule has 0 aliphatic heterocycles. The van der Waals surface area contributed by atoms with Crippen LogP contribution < -0.4 is 0 Å². The van der Waals surface area contributed by atoms with Crippen LogP contribution in [0.1, 0.15) is 44.6 Å². The second kappa shape index (κ2) is 24.1. The summed E-state index contributed by atoms with van der Waals surface area (Å²) in [4.78, 5) is 18.1. The molecule has 8 aromatic rings. The number of nitro groups is 1. The number of hydrogen-bond acceptors (Lipinski definition) is 4. The standard InChI is InChI=1S/2C10H9N.C8H9F.C8H9NO2.C7H6Cl2.C7H6F2/c1-8-3-2-4-9-7-11-6-5-10(8)9;1-8-6-9-4-2-3-5-10(9)7-11-8;1-6-3-4-8(9)5-7(6)2;1-6-3-4-8(9(10)11)5-7(6)2;2*1-5-4-6(8)2-3-7(5)9/h2*2-7H,1H3;3-5H,1-2H3;3-5H,1-2H3;2*2-4H,1H3. The zero-order valence-electron chi connectivity index (χ0n) is 34.9. The quantitative estimate of drug-likeness (QED) is 0.122. The number of pyridine rings is 2. The Morgan fingerprint density at radius 1 is 0.517 bits per heavy atom. The Hall–Kier alpha value is -6.09. The topological polar surface area (TPSA) is 68.9 Å². The molecule has 10 heteroatoms. The SMILES string of the molecule is Cc1cc(Cl)ccc1Cl.Cc1cc(F)ccc1F.Cc1cc2ccccc2cn1.Cc1ccc(F)cc1C.Cc1ccc([N+](=O)[O-])cc1C.Cc1cccc2cnccc12. The minimum atomic E-state index is -0.395. The number of halogens is 5. The van der Waals surface area contributed by atoms with Gasteiger partial charge in [-0.2, -0.15) is 0 Å². The first kappa shape index (κ1) is 48.3. The first-order valence-electron chi connectivity index (χ1n) is 18.8. The average Bonchev–Trinajstić information content (AvgIpc) is 3.22. The van der Waals surface area contributed by atoms with Crippen LogP contribution >= 0.6 is 23.2 Å². The molecule has 5 nitrogen and oxygen atoms in total. The number of benzene rings is 6. The van der Waals surface area contributed by atoms with E-state index in [0.29, 0.717) is 5.56 Å². The number of hydrogen-bond donors (Lipinski definition) is 0. The molecule has 60 heavy (non-hydrogen) atoms. The van der Waals surface area contributed by atoms with Crippen LogP contribution in [-0.2, 0) is 0 Å². The van der Waals surface area contributed by atoms with Crippen LogP contribution in [0.15, 0.2) is 146 Å². The summed E-state index contributed by atoms with van der Waals surface area (Å²) in [6.07, 6.45) is 5.63. The van der Waals surface area contributed by atoms with Gasteiger partial charge in [-0.3, -0.25) is 20.1 Å². The molecule has 0 radical (unpaired) electrons. The van der Waals surface area contributed by atoms with Crippen LogP contribution in [-0.4, -0.2) is 14.9 Å². The van der Waals surface area contributed by atoms with Crippen molar-refractivity contribution in [2.24, 2.45) is 0 Å². The lowest BCUT2D eigenvalue weighted by atomic mass is 10.1. The fourth-order valence-corrected chi connectivity index (χ4v) is 5.58. The third-order valence-corrected chi connectivity index (χ3v) is 9.74. The minimum Gasteiger partial charge on any atom is -0.264 e. The highest BCUT2D eigenvalue weighted by atomic mass is 35.5. The van der Waals surface area contributed by atoms with Gasteiger partial charge in [0, 0.05) is 57.2 Å². The van der Waals surface area contributed by atoms with Gasteiger partial charge in [0.2, 0.25) is 0 Å². The Bertz CT molecular complexity index is 2530. The van der Waals surface area contributed by atoms with Crippen molar-refractivity contribution in [3.8, 4) is 0 Å². The van der Waals surface area contributed by atoms with Crippen LogP contribution in [0.25, 0.3) is 21.5 Å². The zero-order chi connectivity index (χ0) is 44.4. The maximum absolute atomic E-state index is 12.3. The summed E-state index contributed by atoms with van der Waals surface area (Å²) in [5.74, 6) is -0.914. The Balaban J connectivity index is 0.000000193. The molecular formula is C50H48Cl2F3N3O2. The summed E-state index contributed by atoms with van der Waals surface area (Å²) >= 11 is 11.4. The molecule has 310 valence electrons. The molecule has 0 atom stereocenters. The van der Waals surface area contributed by atoms with Crippen LogP contribution in [0, 0.1) is 83.0 Å². The molecule has 0 saturated carbocycles. The maximum atomic E-state index is 12.3. The summed E-state index contributed by atoms with van der Waals surface area (Å²) in [7, 11) is 0. The summed E-state index contributed by atoms with van der Waals surface area (Å²) < 4.78 is 36.9. The molecular weight excluding hydrogens is 802 g/mol. The predicted octanol–water partition coefficient (Wildman–Crippen LogP) is 15.3. The molecule has 0 amide bonds. The van der Waals surface area contributed by atoms with Gasteiger partial charge in [-0.15, -0.1) is 0 Å². The van der Waals surface area contributed by atoms with E-state index in [9.17, 15) is 23.3 Å². The zero-order valence-corrected chi connectivity index (χ0v) is 36.4. The Labute approximate surface area is 360 Å². The molecule has 0 unspecified atom stereocenters. The van der Waals surface area contributed by atoms with E-state index in [1.165, 1.54) is 52.2 Å². The van der Waals surface area contributed by atoms with E-state index in [-0.39, 0.29) is 22.2 Å². The third kappa shape index (κ3) is 16.3. The van der Waals surface area contributed by atoms with Gasteiger partial charge in [0.1, 0.15) is 17.5 Å². The number of aromatic nitrogens is 2. The highest BCUT2D eigenvalue weighted by Gasteiger charge is 2.04. The molecule has 0 bridgehead atoms. The molecule has 2 aromatic heterocycles. The van der Waals surface area contributed by atoms with Crippen molar-refractivity contribution in [3.05, 3.63) is 228 Å². The Morgan fingerprint density at radius 3 is 1.67 bits per heavy atom. The number of nitrogens with zero attached hydrogens (tertiary/aromatic N) is 3. The number of non-ortho nitro benzene ring substituents is 1. The van der Waals surface area contributed by atoms with E-state index in [1.807, 2.05) is 84.4 Å². The molecule has 6 aromatic carbocycles. The molecule has 0 spiro atoms. The van der Waals surface area contributed by atoms with Crippen molar-refractivity contribution in [2.45, 2.75) is 55.4 Å². The Kier molecular flexibility index (Phi) is 19.4. The Morgan fingerprint density at radius 2 is 1.12 bits per heavy atom. The lowest BCUT2D eigenvalue weighted by Gasteiger charge is -1.98. The van der Waals surface area contributed by atoms with Gasteiger partial charge in [-0.1, -0.05) is 77.8 Å². The first-order valence-corrected chi connectivity index (χ1v) is 19.6. The van der Waals surface area contributed by atoms with Gasteiger partial charge in [-0.05, 0) is 166 Å². The van der Waals surface area contributed by atoms with Gasteiger partial charge in [0.25, 0.3) is 5.69 Å². The third-order valence-electron chi connectivity index (χ3n) is 9.08. The van der Waals surface area contributed by atoms with E-state index in [1.54, 1.807) is 30.3 Å². The van der Waals surface area contributed by atoms with Crippen molar-refractivity contribution in [2.75, 3.05) is 0 Å². The van der Waals surface area contributed by atoms with Crippen LogP contribution in [0.2, 0.25) is 10.0 Å². The smallest absolute Gasteiger partial charge is 0.264 e. The number of rotatable bonds is 1. The van der Waals surface area contributed by atoms with Gasteiger partial charge in [0.15, 0.2) is 0 Å². The van der Waals surface area contributed by atoms with Gasteiger partial charge in [0.05, 0.1) is 4.92 Å². The predicted molar refractivity (Wildman–Crippen MR) is 244 cm³/mol. The molecule has 0 saturated heterocycles. The summed E-state index contributed by atoms with van der Waals surface area (Å²) in [5, 5.41) is 16.7. The molecule has 8 rings (SSSR count). The highest BCUT2D eigenvalue weighted by molar-refractivity contribution is 6.33. The van der Waals surface area contributed by atoms with E-state index < -0.39 is 5.82 Å². The number of fused-ring (bicyclic) bond motifs is 2. The molecule has 0 fully saturated rings. The largest absolute Gasteiger partial charge is 0.269 e. The van der Waals surface area contributed by atoms with E-state index >= 15 is 0 Å². The minimum absolute atomic E-state index is 0.155. The van der Waals surface area contributed by atoms with E-state index in [2.05, 4.69) is 53.3 Å². The molecule has 0 aliphatic rings. The van der Waals surface area contributed by atoms with Crippen molar-refractivity contribution in [1.29, 1.82) is 0 Å². The van der Waals surface area contributed by atoms with Crippen molar-refractivity contribution in [1.82, 2.24) is 9.97 Å². The second-order valence-corrected chi connectivity index (χ2v) is 14.7. The van der Waals surface area contributed by atoms with Crippen LogP contribution in [0.4, 0.5) is 18.9 Å². The van der Waals surface area contributed by atoms with Gasteiger partial charge in [-0.25, -0.2) is 13.2 Å². The van der Waals surface area contributed by atoms with Crippen LogP contribution in [0.3, 0.4) is 0 Å². The normalized spacial score (nSPS) is 9.88. The summed E-state index contributed by atoms with van der Waals surface area (Å²) in [6, 6.07) is 37.1. The van der Waals surface area contributed by atoms with E-state index in [4.69, 9.17) is 23.2 Å². The average molecular weight is 851 g/mol. The number of nitro benzene ring substituents is 1. The van der Waals surface area contributed by atoms with Crippen molar-refractivity contribution in [3.63, 3.8) is 0 Å².